The largest absolute Gasteiger partial charge is 0.433 e. The van der Waals surface area contributed by atoms with Crippen LogP contribution < -0.4 is 5.59 Å². The quantitative estimate of drug-likeness (QED) is 0.632. The monoisotopic (exact) mass is 289 g/mol. The van der Waals surface area contributed by atoms with E-state index in [1.165, 1.54) is 22.9 Å². The van der Waals surface area contributed by atoms with Gasteiger partial charge in [-0.15, -0.1) is 0 Å². The summed E-state index contributed by atoms with van der Waals surface area (Å²) in [5.41, 5.74) is -0.0163. The number of hydrogen-bond donors (Lipinski definition) is 0. The third-order valence-corrected chi connectivity index (χ3v) is 2.87. The molecule has 0 unspecified atom stereocenters. The van der Waals surface area contributed by atoms with E-state index in [4.69, 9.17) is 7.85 Å². The van der Waals surface area contributed by atoms with E-state index < -0.39 is 11.9 Å². The number of pyridine rings is 1. The molecule has 0 saturated heterocycles. The topological polar surface area (TPSA) is 56.5 Å². The minimum Gasteiger partial charge on any atom is -0.309 e. The third kappa shape index (κ3) is 2.35. The Morgan fingerprint density at radius 1 is 1.14 bits per heavy atom. The Morgan fingerprint density at radius 3 is 2.62 bits per heavy atom. The summed E-state index contributed by atoms with van der Waals surface area (Å²) in [6.07, 6.45) is -3.18. The lowest BCUT2D eigenvalue weighted by atomic mass is 10.1. The van der Waals surface area contributed by atoms with Crippen molar-refractivity contribution in [3.05, 3.63) is 30.1 Å². The molecule has 9 heteroatoms. The van der Waals surface area contributed by atoms with Crippen molar-refractivity contribution in [2.24, 2.45) is 7.05 Å². The fourth-order valence-corrected chi connectivity index (χ4v) is 1.91. The third-order valence-electron chi connectivity index (χ3n) is 2.87. The second-order valence-electron chi connectivity index (χ2n) is 4.34. The van der Waals surface area contributed by atoms with Crippen molar-refractivity contribution in [3.63, 3.8) is 0 Å². The Balaban J connectivity index is 2.19. The number of hydrogen-bond acceptors (Lipinski definition) is 4. The van der Waals surface area contributed by atoms with Gasteiger partial charge in [-0.1, -0.05) is 6.07 Å². The van der Waals surface area contributed by atoms with Crippen LogP contribution in [0.2, 0.25) is 0 Å². The standard InChI is InChI=1S/C12H7BF3N5/c1-21-10(20-9-11(21)19-8(13)5-17-9)6-3-2-4-7(18-6)12(14,15)16/h2-5H,1H3. The number of aromatic nitrogens is 5. The minimum absolute atomic E-state index is 0.0886. The number of halogens is 3. The van der Waals surface area contributed by atoms with Crippen molar-refractivity contribution in [3.8, 4) is 11.5 Å². The van der Waals surface area contributed by atoms with Gasteiger partial charge in [0.05, 0.1) is 0 Å². The number of fused-ring (bicyclic) bond motifs is 1. The number of alkyl halides is 3. The van der Waals surface area contributed by atoms with E-state index in [-0.39, 0.29) is 17.1 Å². The van der Waals surface area contributed by atoms with Gasteiger partial charge in [0.2, 0.25) is 0 Å². The molecule has 0 aliphatic heterocycles. The number of imidazole rings is 1. The van der Waals surface area contributed by atoms with Gasteiger partial charge >= 0.3 is 6.18 Å². The number of aryl methyl sites for hydroxylation is 1. The molecule has 0 N–H and O–H groups in total. The minimum atomic E-state index is -4.51. The van der Waals surface area contributed by atoms with Crippen LogP contribution >= 0.6 is 0 Å². The van der Waals surface area contributed by atoms with E-state index >= 15 is 0 Å². The first-order valence-electron chi connectivity index (χ1n) is 5.86. The van der Waals surface area contributed by atoms with Crippen molar-refractivity contribution in [1.29, 1.82) is 0 Å². The summed E-state index contributed by atoms with van der Waals surface area (Å²) in [6, 6.07) is 3.63. The van der Waals surface area contributed by atoms with Crippen LogP contribution in [0.25, 0.3) is 22.8 Å². The average Bonchev–Trinajstić information content (AvgIpc) is 2.75. The van der Waals surface area contributed by atoms with Crippen molar-refractivity contribution >= 4 is 24.7 Å². The maximum atomic E-state index is 12.7. The summed E-state index contributed by atoms with van der Waals surface area (Å²) in [7, 11) is 7.15. The maximum Gasteiger partial charge on any atom is 0.433 e. The molecule has 0 aromatic carbocycles. The summed E-state index contributed by atoms with van der Waals surface area (Å²) in [6.45, 7) is 0. The Kier molecular flexibility index (Phi) is 2.93. The van der Waals surface area contributed by atoms with Gasteiger partial charge < -0.3 is 4.57 Å². The molecule has 0 atom stereocenters. The van der Waals surface area contributed by atoms with Crippen molar-refractivity contribution in [1.82, 2.24) is 24.5 Å². The van der Waals surface area contributed by atoms with E-state index in [0.717, 1.165) is 6.07 Å². The smallest absolute Gasteiger partial charge is 0.309 e. The SMILES string of the molecule is [B]c1cnc2nc(-c3cccc(C(F)(F)F)n3)n(C)c2n1. The highest BCUT2D eigenvalue weighted by molar-refractivity contribution is 6.30. The van der Waals surface area contributed by atoms with Gasteiger partial charge in [-0.2, -0.15) is 13.2 Å². The van der Waals surface area contributed by atoms with E-state index in [2.05, 4.69) is 19.9 Å². The van der Waals surface area contributed by atoms with Crippen molar-refractivity contribution < 1.29 is 13.2 Å². The predicted molar refractivity (Wildman–Crippen MR) is 69.9 cm³/mol. The highest BCUT2D eigenvalue weighted by Crippen LogP contribution is 2.29. The Morgan fingerprint density at radius 2 is 1.90 bits per heavy atom. The van der Waals surface area contributed by atoms with Crippen molar-refractivity contribution in [2.45, 2.75) is 6.18 Å². The van der Waals surface area contributed by atoms with Gasteiger partial charge in [-0.25, -0.2) is 19.9 Å². The molecule has 0 aliphatic rings. The van der Waals surface area contributed by atoms with E-state index in [0.29, 0.717) is 11.3 Å². The Bertz CT molecular complexity index is 827. The molecular weight excluding hydrogens is 282 g/mol. The highest BCUT2D eigenvalue weighted by atomic mass is 19.4. The Hall–Kier alpha value is -2.45. The fourth-order valence-electron chi connectivity index (χ4n) is 1.91. The summed E-state index contributed by atoms with van der Waals surface area (Å²) in [4.78, 5) is 15.8. The summed E-state index contributed by atoms with van der Waals surface area (Å²) >= 11 is 0. The molecule has 0 fully saturated rings. The summed E-state index contributed by atoms with van der Waals surface area (Å²) < 4.78 is 39.6. The van der Waals surface area contributed by atoms with Crippen LogP contribution in [0.15, 0.2) is 24.4 Å². The van der Waals surface area contributed by atoms with Crippen LogP contribution in [0.1, 0.15) is 5.69 Å². The second kappa shape index (κ2) is 4.54. The van der Waals surface area contributed by atoms with Crippen LogP contribution in [0, 0.1) is 0 Å². The van der Waals surface area contributed by atoms with Gasteiger partial charge in [0.15, 0.2) is 17.1 Å². The first-order chi connectivity index (χ1) is 9.86. The number of nitrogens with zero attached hydrogens (tertiary/aromatic N) is 5. The predicted octanol–water partition coefficient (Wildman–Crippen LogP) is 1.24. The summed E-state index contributed by atoms with van der Waals surface area (Å²) in [5.74, 6) is 0.238. The van der Waals surface area contributed by atoms with Gasteiger partial charge in [-0.3, -0.25) is 0 Å². The molecule has 0 aliphatic carbocycles. The van der Waals surface area contributed by atoms with Crippen LogP contribution in [0.4, 0.5) is 13.2 Å². The lowest BCUT2D eigenvalue weighted by molar-refractivity contribution is -0.141. The molecular formula is C12H7BF3N5. The summed E-state index contributed by atoms with van der Waals surface area (Å²) in [5, 5.41) is 0. The molecule has 21 heavy (non-hydrogen) atoms. The van der Waals surface area contributed by atoms with Crippen LogP contribution in [-0.2, 0) is 13.2 Å². The molecule has 0 bridgehead atoms. The second-order valence-corrected chi connectivity index (χ2v) is 4.34. The van der Waals surface area contributed by atoms with Gasteiger partial charge in [-0.05, 0) is 12.1 Å². The molecule has 3 rings (SSSR count). The van der Waals surface area contributed by atoms with Crippen molar-refractivity contribution in [2.75, 3.05) is 0 Å². The van der Waals surface area contributed by atoms with Crippen LogP contribution in [0.3, 0.4) is 0 Å². The lowest BCUT2D eigenvalue weighted by Crippen LogP contribution is -2.10. The average molecular weight is 289 g/mol. The number of rotatable bonds is 1. The maximum absolute atomic E-state index is 12.7. The van der Waals surface area contributed by atoms with E-state index in [9.17, 15) is 13.2 Å². The molecule has 104 valence electrons. The Labute approximate surface area is 118 Å². The molecule has 0 amide bonds. The normalized spacial score (nSPS) is 12.0. The van der Waals surface area contributed by atoms with Crippen LogP contribution in [-0.4, -0.2) is 32.3 Å². The molecule has 5 nitrogen and oxygen atoms in total. The molecule has 3 aromatic rings. The molecule has 3 heterocycles. The zero-order valence-corrected chi connectivity index (χ0v) is 10.8. The van der Waals surface area contributed by atoms with Gasteiger partial charge in [0.25, 0.3) is 0 Å². The van der Waals surface area contributed by atoms with Crippen LogP contribution in [0.5, 0.6) is 0 Å². The zero-order valence-electron chi connectivity index (χ0n) is 10.8. The molecule has 3 aromatic heterocycles. The van der Waals surface area contributed by atoms with E-state index in [1.807, 2.05) is 0 Å². The fraction of sp³-hybridized carbons (Fsp3) is 0.167. The van der Waals surface area contributed by atoms with Gasteiger partial charge in [0, 0.05) is 18.8 Å². The zero-order chi connectivity index (χ0) is 15.2. The van der Waals surface area contributed by atoms with Gasteiger partial charge in [0.1, 0.15) is 19.2 Å². The first kappa shape index (κ1) is 13.5. The molecule has 0 saturated carbocycles. The molecule has 2 radical (unpaired) electrons. The van der Waals surface area contributed by atoms with E-state index in [1.54, 1.807) is 7.05 Å². The lowest BCUT2D eigenvalue weighted by Gasteiger charge is -2.07. The first-order valence-corrected chi connectivity index (χ1v) is 5.86. The highest BCUT2D eigenvalue weighted by Gasteiger charge is 2.32. The molecule has 0 spiro atoms.